The molecule has 0 aliphatic rings. The smallest absolute Gasteiger partial charge is 0.207 e. The summed E-state index contributed by atoms with van der Waals surface area (Å²) in [5.41, 5.74) is 0. The number of hydrogen-bond acceptors (Lipinski definition) is 3. The van der Waals surface area contributed by atoms with Crippen molar-refractivity contribution in [3.63, 3.8) is 0 Å². The fraction of sp³-hybridized carbons (Fsp3) is 0.154. The van der Waals surface area contributed by atoms with Crippen molar-refractivity contribution in [2.24, 2.45) is 0 Å². The van der Waals surface area contributed by atoms with E-state index in [1.54, 1.807) is 18.2 Å². The van der Waals surface area contributed by atoms with E-state index in [1.165, 1.54) is 13.0 Å². The second-order valence-corrected chi connectivity index (χ2v) is 5.63. The van der Waals surface area contributed by atoms with Gasteiger partial charge in [0, 0.05) is 5.39 Å². The molecule has 0 fully saturated rings. The number of nitrogens with one attached hydrogen (secondary N) is 1. The zero-order valence-corrected chi connectivity index (χ0v) is 10.6. The third-order valence-electron chi connectivity index (χ3n) is 2.56. The van der Waals surface area contributed by atoms with Crippen LogP contribution in [0.4, 0.5) is 0 Å². The molecule has 0 aromatic heterocycles. The van der Waals surface area contributed by atoms with Gasteiger partial charge in [-0.15, -0.1) is 0 Å². The molecule has 1 unspecified atom stereocenters. The monoisotopic (exact) mass is 260 g/mol. The second kappa shape index (κ2) is 4.77. The van der Waals surface area contributed by atoms with E-state index in [0.29, 0.717) is 5.39 Å². The van der Waals surface area contributed by atoms with E-state index < -0.39 is 16.1 Å². The normalized spacial score (nSPS) is 13.1. The summed E-state index contributed by atoms with van der Waals surface area (Å²) in [7, 11) is -3.67. The van der Waals surface area contributed by atoms with E-state index in [9.17, 15) is 8.42 Å². The van der Waals surface area contributed by atoms with Crippen molar-refractivity contribution in [1.29, 1.82) is 5.26 Å². The minimum Gasteiger partial charge on any atom is -0.207 e. The van der Waals surface area contributed by atoms with Gasteiger partial charge in [-0.3, -0.25) is 0 Å². The summed E-state index contributed by atoms with van der Waals surface area (Å²) < 4.78 is 26.6. The SMILES string of the molecule is CC(C#N)NS(=O)(=O)c1cccc2ccccc12. The molecule has 0 spiro atoms. The predicted molar refractivity (Wildman–Crippen MR) is 69.3 cm³/mol. The number of fused-ring (bicyclic) bond motifs is 1. The lowest BCUT2D eigenvalue weighted by Crippen LogP contribution is -2.31. The van der Waals surface area contributed by atoms with Crippen molar-refractivity contribution in [1.82, 2.24) is 4.72 Å². The van der Waals surface area contributed by atoms with Crippen molar-refractivity contribution in [3.05, 3.63) is 42.5 Å². The molecule has 18 heavy (non-hydrogen) atoms. The van der Waals surface area contributed by atoms with Crippen molar-refractivity contribution in [2.45, 2.75) is 17.9 Å². The summed E-state index contributed by atoms with van der Waals surface area (Å²) >= 11 is 0. The molecule has 0 bridgehead atoms. The first-order valence-electron chi connectivity index (χ1n) is 5.44. The van der Waals surface area contributed by atoms with Crippen LogP contribution in [0.15, 0.2) is 47.4 Å². The highest BCUT2D eigenvalue weighted by atomic mass is 32.2. The third-order valence-corrected chi connectivity index (χ3v) is 4.16. The van der Waals surface area contributed by atoms with Gasteiger partial charge in [0.25, 0.3) is 0 Å². The molecule has 0 aliphatic heterocycles. The van der Waals surface area contributed by atoms with Crippen molar-refractivity contribution < 1.29 is 8.42 Å². The third kappa shape index (κ3) is 2.35. The van der Waals surface area contributed by atoms with Gasteiger partial charge in [0.1, 0.15) is 6.04 Å². The lowest BCUT2D eigenvalue weighted by atomic mass is 10.1. The maximum Gasteiger partial charge on any atom is 0.242 e. The van der Waals surface area contributed by atoms with Gasteiger partial charge in [-0.25, -0.2) is 8.42 Å². The quantitative estimate of drug-likeness (QED) is 0.918. The van der Waals surface area contributed by atoms with E-state index in [-0.39, 0.29) is 4.90 Å². The van der Waals surface area contributed by atoms with Crippen LogP contribution in [0.2, 0.25) is 0 Å². The van der Waals surface area contributed by atoms with Crippen LogP contribution in [-0.4, -0.2) is 14.5 Å². The Labute approximate surface area is 106 Å². The minimum atomic E-state index is -3.67. The van der Waals surface area contributed by atoms with Gasteiger partial charge in [-0.2, -0.15) is 9.98 Å². The van der Waals surface area contributed by atoms with Crippen molar-refractivity contribution >= 4 is 20.8 Å². The molecule has 0 saturated heterocycles. The van der Waals surface area contributed by atoms with Crippen LogP contribution in [0.5, 0.6) is 0 Å². The van der Waals surface area contributed by atoms with E-state index in [1.807, 2.05) is 24.3 Å². The van der Waals surface area contributed by atoms with Gasteiger partial charge in [0.15, 0.2) is 0 Å². The molecule has 5 heteroatoms. The number of nitrogens with zero attached hydrogens (tertiary/aromatic N) is 1. The van der Waals surface area contributed by atoms with E-state index >= 15 is 0 Å². The first kappa shape index (κ1) is 12.6. The highest BCUT2D eigenvalue weighted by Crippen LogP contribution is 2.22. The molecule has 0 aliphatic carbocycles. The Morgan fingerprint density at radius 3 is 2.56 bits per heavy atom. The zero-order valence-electron chi connectivity index (χ0n) is 9.79. The molecule has 92 valence electrons. The Hall–Kier alpha value is -1.90. The molecule has 2 aromatic carbocycles. The average Bonchev–Trinajstić information content (AvgIpc) is 2.37. The first-order chi connectivity index (χ1) is 8.54. The summed E-state index contributed by atoms with van der Waals surface area (Å²) in [6.45, 7) is 1.50. The molecule has 0 amide bonds. The summed E-state index contributed by atoms with van der Waals surface area (Å²) in [4.78, 5) is 0.197. The number of hydrogen-bond donors (Lipinski definition) is 1. The van der Waals surface area contributed by atoms with Crippen LogP contribution < -0.4 is 4.72 Å². The Balaban J connectivity index is 2.58. The lowest BCUT2D eigenvalue weighted by molar-refractivity contribution is 0.578. The number of benzene rings is 2. The molecular formula is C13H12N2O2S. The Bertz CT molecular complexity index is 712. The van der Waals surface area contributed by atoms with Crippen LogP contribution in [0.1, 0.15) is 6.92 Å². The lowest BCUT2D eigenvalue weighted by Gasteiger charge is -2.10. The molecule has 4 nitrogen and oxygen atoms in total. The van der Waals surface area contributed by atoms with Gasteiger partial charge in [-0.05, 0) is 18.4 Å². The molecular weight excluding hydrogens is 248 g/mol. The number of nitriles is 1. The van der Waals surface area contributed by atoms with E-state index in [2.05, 4.69) is 4.72 Å². The van der Waals surface area contributed by atoms with Gasteiger partial charge in [0.2, 0.25) is 10.0 Å². The summed E-state index contributed by atoms with van der Waals surface area (Å²) in [6, 6.07) is 13.4. The Kier molecular flexibility index (Phi) is 3.32. The predicted octanol–water partition coefficient (Wildman–Crippen LogP) is 2.03. The maximum atomic E-state index is 12.2. The average molecular weight is 260 g/mol. The highest BCUT2D eigenvalue weighted by Gasteiger charge is 2.19. The fourth-order valence-corrected chi connectivity index (χ4v) is 3.13. The van der Waals surface area contributed by atoms with Gasteiger partial charge in [0.05, 0.1) is 11.0 Å². The van der Waals surface area contributed by atoms with Crippen LogP contribution in [0.25, 0.3) is 10.8 Å². The van der Waals surface area contributed by atoms with Gasteiger partial charge < -0.3 is 0 Å². The molecule has 2 aromatic rings. The maximum absolute atomic E-state index is 12.2. The van der Waals surface area contributed by atoms with Gasteiger partial charge in [-0.1, -0.05) is 36.4 Å². The van der Waals surface area contributed by atoms with Gasteiger partial charge >= 0.3 is 0 Å². The largest absolute Gasteiger partial charge is 0.242 e. The Morgan fingerprint density at radius 2 is 1.83 bits per heavy atom. The molecule has 0 saturated carbocycles. The topological polar surface area (TPSA) is 70.0 Å². The highest BCUT2D eigenvalue weighted by molar-refractivity contribution is 7.89. The van der Waals surface area contributed by atoms with Crippen molar-refractivity contribution in [2.75, 3.05) is 0 Å². The number of rotatable bonds is 3. The summed E-state index contributed by atoms with van der Waals surface area (Å²) in [5.74, 6) is 0. The van der Waals surface area contributed by atoms with Crippen LogP contribution in [-0.2, 0) is 10.0 Å². The van der Waals surface area contributed by atoms with E-state index in [0.717, 1.165) is 5.39 Å². The Morgan fingerprint density at radius 1 is 1.17 bits per heavy atom. The minimum absolute atomic E-state index is 0.197. The molecule has 1 N–H and O–H groups in total. The van der Waals surface area contributed by atoms with E-state index in [4.69, 9.17) is 5.26 Å². The fourth-order valence-electron chi connectivity index (χ4n) is 1.75. The molecule has 2 rings (SSSR count). The van der Waals surface area contributed by atoms with Crippen LogP contribution >= 0.6 is 0 Å². The second-order valence-electron chi connectivity index (χ2n) is 3.95. The number of sulfonamides is 1. The van der Waals surface area contributed by atoms with Crippen LogP contribution in [0.3, 0.4) is 0 Å². The molecule has 1 atom stereocenters. The van der Waals surface area contributed by atoms with Crippen molar-refractivity contribution in [3.8, 4) is 6.07 Å². The molecule has 0 heterocycles. The summed E-state index contributed by atoms with van der Waals surface area (Å²) in [5, 5.41) is 10.2. The van der Waals surface area contributed by atoms with Crippen LogP contribution in [0, 0.1) is 11.3 Å². The molecule has 0 radical (unpaired) electrons. The first-order valence-corrected chi connectivity index (χ1v) is 6.92. The zero-order chi connectivity index (χ0) is 13.2. The summed E-state index contributed by atoms with van der Waals surface area (Å²) in [6.07, 6.45) is 0. The standard InChI is InChI=1S/C13H12N2O2S/c1-10(9-14)15-18(16,17)13-8-4-6-11-5-2-3-7-12(11)13/h2-8,10,15H,1H3.